The lowest BCUT2D eigenvalue weighted by Gasteiger charge is -2.30. The number of rotatable bonds is 3. The van der Waals surface area contributed by atoms with Gasteiger partial charge in [0.05, 0.1) is 0 Å². The lowest BCUT2D eigenvalue weighted by atomic mass is 9.79. The molecule has 0 bridgehead atoms. The normalized spacial score (nSPS) is 16.6. The van der Waals surface area contributed by atoms with E-state index in [9.17, 15) is 4.57 Å². The quantitative estimate of drug-likeness (QED) is 0.742. The Morgan fingerprint density at radius 1 is 1.21 bits per heavy atom. The largest absolute Gasteiger partial charge is 0.695 e. The zero-order valence-electron chi connectivity index (χ0n) is 10.00. The molecule has 3 nitrogen and oxygen atoms in total. The van der Waals surface area contributed by atoms with E-state index in [0.29, 0.717) is 0 Å². The molecule has 0 aliphatic carbocycles. The third-order valence-electron chi connectivity index (χ3n) is 1.98. The van der Waals surface area contributed by atoms with E-state index in [1.807, 2.05) is 20.8 Å². The molecule has 0 spiro atoms. The molecule has 0 aromatic carbocycles. The molecule has 0 heterocycles. The lowest BCUT2D eigenvalue weighted by molar-refractivity contribution is 0.0470. The Morgan fingerprint density at radius 2 is 1.64 bits per heavy atom. The van der Waals surface area contributed by atoms with Crippen molar-refractivity contribution in [2.45, 2.75) is 54.1 Å². The standard InChI is InChI=1S/C10H21O3P/c1-9(2,3)7-8(10(4,5)6)13-14(11)12/h8H,7H2,1-6H3/p+1. The molecule has 14 heavy (non-hydrogen) atoms. The minimum absolute atomic E-state index is 0.100. The molecule has 0 aromatic rings. The molecule has 0 radical (unpaired) electrons. The van der Waals surface area contributed by atoms with Crippen molar-refractivity contribution in [3.8, 4) is 0 Å². The van der Waals surface area contributed by atoms with E-state index >= 15 is 0 Å². The SMILES string of the molecule is CC(C)(C)CC(O[P+](=O)O)C(C)(C)C. The summed E-state index contributed by atoms with van der Waals surface area (Å²) in [6.45, 7) is 12.3. The van der Waals surface area contributed by atoms with Gasteiger partial charge < -0.3 is 0 Å². The topological polar surface area (TPSA) is 46.5 Å². The Balaban J connectivity index is 4.50. The van der Waals surface area contributed by atoms with E-state index in [4.69, 9.17) is 9.42 Å². The maximum absolute atomic E-state index is 10.7. The van der Waals surface area contributed by atoms with Gasteiger partial charge in [-0.15, -0.1) is 9.42 Å². The monoisotopic (exact) mass is 221 g/mol. The summed E-state index contributed by atoms with van der Waals surface area (Å²) in [5.74, 6) is 0. The average Bonchev–Trinajstić information content (AvgIpc) is 1.78. The highest BCUT2D eigenvalue weighted by molar-refractivity contribution is 7.32. The van der Waals surface area contributed by atoms with Gasteiger partial charge in [-0.1, -0.05) is 41.5 Å². The van der Waals surface area contributed by atoms with Crippen LogP contribution in [0.3, 0.4) is 0 Å². The first kappa shape index (κ1) is 14.0. The first-order chi connectivity index (χ1) is 6.02. The number of hydrogen-bond donors (Lipinski definition) is 1. The summed E-state index contributed by atoms with van der Waals surface area (Å²) < 4.78 is 15.7. The second-order valence-corrected chi connectivity index (χ2v) is 6.65. The predicted molar refractivity (Wildman–Crippen MR) is 58.2 cm³/mol. The molecule has 0 saturated heterocycles. The third kappa shape index (κ3) is 6.47. The fraction of sp³-hybridized carbons (Fsp3) is 1.00. The highest BCUT2D eigenvalue weighted by Crippen LogP contribution is 2.37. The Morgan fingerprint density at radius 3 is 1.86 bits per heavy atom. The van der Waals surface area contributed by atoms with Crippen LogP contribution in [0.4, 0.5) is 0 Å². The van der Waals surface area contributed by atoms with E-state index in [0.717, 1.165) is 6.42 Å². The summed E-state index contributed by atoms with van der Waals surface area (Å²) in [7, 11) is -2.51. The molecular weight excluding hydrogens is 199 g/mol. The second-order valence-electron chi connectivity index (χ2n) is 5.96. The molecule has 0 saturated carbocycles. The molecule has 2 unspecified atom stereocenters. The summed E-state index contributed by atoms with van der Waals surface area (Å²) in [4.78, 5) is 8.77. The molecule has 4 heteroatoms. The van der Waals surface area contributed by atoms with Crippen LogP contribution in [0.5, 0.6) is 0 Å². The smallest absolute Gasteiger partial charge is 0.133 e. The first-order valence-electron chi connectivity index (χ1n) is 4.85. The fourth-order valence-corrected chi connectivity index (χ4v) is 1.78. The van der Waals surface area contributed by atoms with Crippen LogP contribution in [0.2, 0.25) is 0 Å². The number of hydrogen-bond acceptors (Lipinski definition) is 2. The van der Waals surface area contributed by atoms with Gasteiger partial charge in [0.15, 0.2) is 0 Å². The van der Waals surface area contributed by atoms with E-state index in [-0.39, 0.29) is 16.9 Å². The van der Waals surface area contributed by atoms with Gasteiger partial charge in [0.2, 0.25) is 0 Å². The van der Waals surface area contributed by atoms with Crippen molar-refractivity contribution in [3.05, 3.63) is 0 Å². The van der Waals surface area contributed by atoms with E-state index in [1.165, 1.54) is 0 Å². The predicted octanol–water partition coefficient (Wildman–Crippen LogP) is 3.50. The third-order valence-corrected chi connectivity index (χ3v) is 2.42. The van der Waals surface area contributed by atoms with Gasteiger partial charge in [-0.3, -0.25) is 0 Å². The molecule has 0 aliphatic heterocycles. The van der Waals surface area contributed by atoms with Gasteiger partial charge in [0, 0.05) is 4.57 Å². The zero-order valence-corrected chi connectivity index (χ0v) is 10.9. The van der Waals surface area contributed by atoms with Crippen LogP contribution in [0.15, 0.2) is 0 Å². The van der Waals surface area contributed by atoms with Crippen LogP contribution < -0.4 is 0 Å². The second kappa shape index (κ2) is 4.69. The average molecular weight is 221 g/mol. The molecule has 0 rings (SSSR count). The Labute approximate surface area is 87.8 Å². The van der Waals surface area contributed by atoms with Crippen LogP contribution in [-0.4, -0.2) is 11.0 Å². The minimum atomic E-state index is -2.51. The van der Waals surface area contributed by atoms with Crippen molar-refractivity contribution in [1.29, 1.82) is 0 Å². The first-order valence-corrected chi connectivity index (χ1v) is 5.98. The van der Waals surface area contributed by atoms with Crippen LogP contribution in [0, 0.1) is 10.8 Å². The molecule has 0 aliphatic rings. The van der Waals surface area contributed by atoms with Crippen molar-refractivity contribution in [2.24, 2.45) is 10.8 Å². The molecule has 1 N–H and O–H groups in total. The summed E-state index contributed by atoms with van der Waals surface area (Å²) in [5, 5.41) is 0. The van der Waals surface area contributed by atoms with E-state index in [2.05, 4.69) is 20.8 Å². The van der Waals surface area contributed by atoms with Gasteiger partial charge >= 0.3 is 8.25 Å². The van der Waals surface area contributed by atoms with Gasteiger partial charge in [-0.25, -0.2) is 0 Å². The van der Waals surface area contributed by atoms with Crippen molar-refractivity contribution >= 4 is 8.25 Å². The Kier molecular flexibility index (Phi) is 4.70. The molecular formula is C10H22O3P+. The van der Waals surface area contributed by atoms with E-state index in [1.54, 1.807) is 0 Å². The Bertz CT molecular complexity index is 200. The maximum atomic E-state index is 10.7. The summed E-state index contributed by atoms with van der Waals surface area (Å²) in [6.07, 6.45) is 0.592. The fourth-order valence-electron chi connectivity index (χ4n) is 1.17. The van der Waals surface area contributed by atoms with Crippen LogP contribution >= 0.6 is 8.25 Å². The summed E-state index contributed by atoms with van der Waals surface area (Å²) >= 11 is 0. The van der Waals surface area contributed by atoms with Crippen LogP contribution in [0.1, 0.15) is 48.0 Å². The highest BCUT2D eigenvalue weighted by Gasteiger charge is 2.36. The van der Waals surface area contributed by atoms with Crippen molar-refractivity contribution in [3.63, 3.8) is 0 Å². The van der Waals surface area contributed by atoms with Crippen LogP contribution in [-0.2, 0) is 9.09 Å². The highest BCUT2D eigenvalue weighted by atomic mass is 31.1. The van der Waals surface area contributed by atoms with Gasteiger partial charge in [0.1, 0.15) is 6.10 Å². The molecule has 0 fully saturated rings. The molecule has 2 atom stereocenters. The minimum Gasteiger partial charge on any atom is -0.133 e. The van der Waals surface area contributed by atoms with Crippen LogP contribution in [0.25, 0.3) is 0 Å². The van der Waals surface area contributed by atoms with Crippen molar-refractivity contribution < 1.29 is 14.0 Å². The maximum Gasteiger partial charge on any atom is 0.695 e. The van der Waals surface area contributed by atoms with Crippen molar-refractivity contribution in [1.82, 2.24) is 0 Å². The zero-order chi connectivity index (χ0) is 11.6. The Hall–Kier alpha value is 0.0200. The summed E-state index contributed by atoms with van der Waals surface area (Å²) in [5.41, 5.74) is -0.00963. The van der Waals surface area contributed by atoms with Gasteiger partial charge in [0.25, 0.3) is 0 Å². The molecule has 0 aromatic heterocycles. The van der Waals surface area contributed by atoms with Crippen molar-refractivity contribution in [2.75, 3.05) is 0 Å². The molecule has 0 amide bonds. The van der Waals surface area contributed by atoms with E-state index < -0.39 is 8.25 Å². The van der Waals surface area contributed by atoms with Gasteiger partial charge in [-0.2, -0.15) is 0 Å². The summed E-state index contributed by atoms with van der Waals surface area (Å²) in [6, 6.07) is 0. The van der Waals surface area contributed by atoms with Gasteiger partial charge in [-0.05, 0) is 17.3 Å². The lowest BCUT2D eigenvalue weighted by Crippen LogP contribution is -2.31. The molecule has 84 valence electrons.